The zero-order valence-electron chi connectivity index (χ0n) is 11.6. The first kappa shape index (κ1) is 12.5. The van der Waals surface area contributed by atoms with Gasteiger partial charge in [-0.25, -0.2) is 0 Å². The van der Waals surface area contributed by atoms with Gasteiger partial charge in [0.25, 0.3) is 0 Å². The van der Waals surface area contributed by atoms with Gasteiger partial charge >= 0.3 is 5.97 Å². The monoisotopic (exact) mass is 252 g/mol. The zero-order valence-corrected chi connectivity index (χ0v) is 11.6. The molecule has 3 nitrogen and oxygen atoms in total. The second-order valence-electron chi connectivity index (χ2n) is 6.57. The van der Waals surface area contributed by atoms with Gasteiger partial charge in [-0.2, -0.15) is 0 Å². The highest BCUT2D eigenvalue weighted by Gasteiger charge is 2.59. The molecule has 3 aliphatic rings. The number of hydrogen-bond acceptors (Lipinski definition) is 3. The van der Waals surface area contributed by atoms with Crippen LogP contribution >= 0.6 is 0 Å². The van der Waals surface area contributed by atoms with Crippen molar-refractivity contribution in [2.45, 2.75) is 70.7 Å². The molecule has 102 valence electrons. The topological polar surface area (TPSA) is 35.5 Å². The van der Waals surface area contributed by atoms with Crippen molar-refractivity contribution >= 4 is 5.97 Å². The third kappa shape index (κ3) is 1.70. The summed E-state index contributed by atoms with van der Waals surface area (Å²) in [5.74, 6) is 1.56. The van der Waals surface area contributed by atoms with Crippen molar-refractivity contribution < 1.29 is 14.3 Å². The highest BCUT2D eigenvalue weighted by molar-refractivity contribution is 5.66. The van der Waals surface area contributed by atoms with Crippen LogP contribution in [0.3, 0.4) is 0 Å². The van der Waals surface area contributed by atoms with Crippen LogP contribution < -0.4 is 0 Å². The normalized spacial score (nSPS) is 45.4. The van der Waals surface area contributed by atoms with E-state index in [1.54, 1.807) is 6.92 Å². The lowest BCUT2D eigenvalue weighted by atomic mass is 9.68. The molecule has 2 saturated heterocycles. The summed E-state index contributed by atoms with van der Waals surface area (Å²) in [6.07, 6.45) is 6.22. The molecule has 0 aromatic carbocycles. The maximum atomic E-state index is 11.5. The summed E-state index contributed by atoms with van der Waals surface area (Å²) < 4.78 is 11.9. The number of hydrogen-bond donors (Lipinski definition) is 0. The van der Waals surface area contributed by atoms with Crippen molar-refractivity contribution in [3.05, 3.63) is 0 Å². The molecule has 3 heteroatoms. The average molecular weight is 252 g/mol. The molecule has 0 spiro atoms. The van der Waals surface area contributed by atoms with Crippen LogP contribution in [0, 0.1) is 17.8 Å². The van der Waals surface area contributed by atoms with Crippen LogP contribution in [0.4, 0.5) is 0 Å². The van der Waals surface area contributed by atoms with E-state index in [4.69, 9.17) is 9.47 Å². The van der Waals surface area contributed by atoms with Gasteiger partial charge in [0.1, 0.15) is 5.60 Å². The summed E-state index contributed by atoms with van der Waals surface area (Å²) >= 11 is 0. The zero-order chi connectivity index (χ0) is 12.9. The first-order valence-electron chi connectivity index (χ1n) is 7.38. The molecule has 0 aromatic rings. The van der Waals surface area contributed by atoms with Crippen molar-refractivity contribution in [3.8, 4) is 0 Å². The van der Waals surface area contributed by atoms with E-state index >= 15 is 0 Å². The van der Waals surface area contributed by atoms with Gasteiger partial charge in [0.05, 0.1) is 12.2 Å². The molecule has 2 heterocycles. The Hall–Kier alpha value is -0.570. The minimum Gasteiger partial charge on any atom is -0.459 e. The Labute approximate surface area is 109 Å². The molecule has 18 heavy (non-hydrogen) atoms. The molecule has 2 aliphatic heterocycles. The summed E-state index contributed by atoms with van der Waals surface area (Å²) in [5.41, 5.74) is -0.209. The van der Waals surface area contributed by atoms with Crippen molar-refractivity contribution in [1.29, 1.82) is 0 Å². The summed E-state index contributed by atoms with van der Waals surface area (Å²) in [7, 11) is 0. The molecule has 0 aromatic heterocycles. The van der Waals surface area contributed by atoms with Crippen molar-refractivity contribution in [1.82, 2.24) is 0 Å². The van der Waals surface area contributed by atoms with E-state index in [1.807, 2.05) is 0 Å². The third-order valence-corrected chi connectivity index (χ3v) is 5.62. The van der Waals surface area contributed by atoms with Gasteiger partial charge < -0.3 is 9.47 Å². The first-order valence-corrected chi connectivity index (χ1v) is 7.38. The molecule has 0 radical (unpaired) electrons. The van der Waals surface area contributed by atoms with Crippen LogP contribution in [0.15, 0.2) is 0 Å². The van der Waals surface area contributed by atoms with Gasteiger partial charge in [-0.05, 0) is 43.9 Å². The van der Waals surface area contributed by atoms with Crippen LogP contribution in [0.2, 0.25) is 0 Å². The molecule has 2 bridgehead atoms. The molecule has 0 amide bonds. The predicted octanol–water partition coefficient (Wildman–Crippen LogP) is 2.92. The van der Waals surface area contributed by atoms with Gasteiger partial charge in [-0.15, -0.1) is 0 Å². The lowest BCUT2D eigenvalue weighted by molar-refractivity contribution is -0.166. The Morgan fingerprint density at radius 2 is 1.89 bits per heavy atom. The molecule has 1 saturated carbocycles. The molecule has 5 atom stereocenters. The summed E-state index contributed by atoms with van der Waals surface area (Å²) in [4.78, 5) is 11.5. The standard InChI is InChI=1S/C15H24O3/c1-9-10(2)14-12(8-13(9)17-14)15(18-11(3)16)6-4-5-7-15/h9-10,12-14H,4-8H2,1-3H3. The fourth-order valence-corrected chi connectivity index (χ4v) is 4.53. The molecule has 0 N–H and O–H groups in total. The predicted molar refractivity (Wildman–Crippen MR) is 68.1 cm³/mol. The molecule has 3 fully saturated rings. The van der Waals surface area contributed by atoms with Gasteiger partial charge in [-0.1, -0.05) is 13.8 Å². The Kier molecular flexibility index (Phi) is 2.92. The first-order chi connectivity index (χ1) is 8.53. The fourth-order valence-electron chi connectivity index (χ4n) is 4.53. The van der Waals surface area contributed by atoms with Gasteiger partial charge in [-0.3, -0.25) is 4.79 Å². The van der Waals surface area contributed by atoms with E-state index in [0.717, 1.165) is 19.3 Å². The van der Waals surface area contributed by atoms with E-state index in [0.29, 0.717) is 30.0 Å². The summed E-state index contributed by atoms with van der Waals surface area (Å²) in [6, 6.07) is 0. The third-order valence-electron chi connectivity index (χ3n) is 5.62. The minimum atomic E-state index is -0.209. The summed E-state index contributed by atoms with van der Waals surface area (Å²) in [6.45, 7) is 6.12. The minimum absolute atomic E-state index is 0.125. The Morgan fingerprint density at radius 1 is 1.22 bits per heavy atom. The fraction of sp³-hybridized carbons (Fsp3) is 0.933. The number of fused-ring (bicyclic) bond motifs is 2. The maximum Gasteiger partial charge on any atom is 0.303 e. The maximum absolute atomic E-state index is 11.5. The largest absolute Gasteiger partial charge is 0.459 e. The SMILES string of the molecule is CC(=O)OC1(C2CC3OC2C(C)C3C)CCCC1. The Bertz CT molecular complexity index is 344. The van der Waals surface area contributed by atoms with Crippen LogP contribution in [-0.4, -0.2) is 23.8 Å². The van der Waals surface area contributed by atoms with Crippen molar-refractivity contribution in [2.75, 3.05) is 0 Å². The van der Waals surface area contributed by atoms with E-state index in [9.17, 15) is 4.79 Å². The van der Waals surface area contributed by atoms with Gasteiger partial charge in [0.2, 0.25) is 0 Å². The number of rotatable bonds is 2. The second-order valence-corrected chi connectivity index (χ2v) is 6.57. The second kappa shape index (κ2) is 4.22. The quantitative estimate of drug-likeness (QED) is 0.709. The number of ether oxygens (including phenoxy) is 2. The van der Waals surface area contributed by atoms with Gasteiger partial charge in [0, 0.05) is 12.8 Å². The smallest absolute Gasteiger partial charge is 0.303 e. The van der Waals surface area contributed by atoms with Crippen LogP contribution in [0.25, 0.3) is 0 Å². The summed E-state index contributed by atoms with van der Waals surface area (Å²) in [5, 5.41) is 0. The van der Waals surface area contributed by atoms with E-state index < -0.39 is 0 Å². The van der Waals surface area contributed by atoms with Crippen LogP contribution in [0.1, 0.15) is 52.9 Å². The molecule has 5 unspecified atom stereocenters. The lowest BCUT2D eigenvalue weighted by Crippen LogP contribution is -2.47. The molecular weight excluding hydrogens is 228 g/mol. The lowest BCUT2D eigenvalue weighted by Gasteiger charge is -2.40. The molecular formula is C15H24O3. The number of carbonyl (C=O) groups excluding carboxylic acids is 1. The van der Waals surface area contributed by atoms with E-state index in [1.165, 1.54) is 12.8 Å². The highest BCUT2D eigenvalue weighted by Crippen LogP contribution is 2.54. The molecule has 1 aliphatic carbocycles. The average Bonchev–Trinajstić information content (AvgIpc) is 2.96. The highest BCUT2D eigenvalue weighted by atomic mass is 16.6. The van der Waals surface area contributed by atoms with Crippen molar-refractivity contribution in [3.63, 3.8) is 0 Å². The molecule has 3 rings (SSSR count). The van der Waals surface area contributed by atoms with Crippen LogP contribution in [0.5, 0.6) is 0 Å². The van der Waals surface area contributed by atoms with Gasteiger partial charge in [0.15, 0.2) is 0 Å². The van der Waals surface area contributed by atoms with Crippen molar-refractivity contribution in [2.24, 2.45) is 17.8 Å². The van der Waals surface area contributed by atoms with Crippen LogP contribution in [-0.2, 0) is 14.3 Å². The van der Waals surface area contributed by atoms with E-state index in [-0.39, 0.29) is 11.6 Å². The Balaban J connectivity index is 1.83. The number of esters is 1. The number of carbonyl (C=O) groups is 1. The van der Waals surface area contributed by atoms with E-state index in [2.05, 4.69) is 13.8 Å². The Morgan fingerprint density at radius 3 is 2.39 bits per heavy atom.